The number of nitrogens with one attached hydrogen (secondary N) is 1. The number of halogens is 1. The van der Waals surface area contributed by atoms with Crippen LogP contribution in [-0.2, 0) is 7.05 Å². The quantitative estimate of drug-likeness (QED) is 0.855. The minimum atomic E-state index is -0.0460. The first-order valence-corrected chi connectivity index (χ1v) is 6.91. The topological polar surface area (TPSA) is 46.9 Å². The Morgan fingerprint density at radius 3 is 2.95 bits per heavy atom. The standard InChI is InChI=1S/C14H18ClN3O/c1-3-4-5-8-16-13(19)10-6-7-11-12(9-10)18(2)14(15)17-11/h6-7,9H,3-5,8H2,1-2H3,(H,16,19). The lowest BCUT2D eigenvalue weighted by Crippen LogP contribution is -2.24. The van der Waals surface area contributed by atoms with E-state index in [4.69, 9.17) is 11.6 Å². The number of aryl methyl sites for hydroxylation is 1. The van der Waals surface area contributed by atoms with Crippen molar-refractivity contribution < 1.29 is 4.79 Å². The summed E-state index contributed by atoms with van der Waals surface area (Å²) in [5, 5.41) is 3.35. The fraction of sp³-hybridized carbons (Fsp3) is 0.429. The van der Waals surface area contributed by atoms with E-state index in [2.05, 4.69) is 17.2 Å². The molecule has 0 atom stereocenters. The third kappa shape index (κ3) is 3.07. The highest BCUT2D eigenvalue weighted by Gasteiger charge is 2.10. The highest BCUT2D eigenvalue weighted by atomic mass is 35.5. The molecule has 0 saturated heterocycles. The maximum atomic E-state index is 12.0. The average Bonchev–Trinajstić information content (AvgIpc) is 2.70. The Hall–Kier alpha value is -1.55. The Bertz CT molecular complexity index is 592. The molecule has 1 aromatic carbocycles. The molecule has 0 radical (unpaired) electrons. The molecule has 5 heteroatoms. The van der Waals surface area contributed by atoms with E-state index in [0.29, 0.717) is 10.8 Å². The predicted octanol–water partition coefficient (Wildman–Crippen LogP) is 3.15. The van der Waals surface area contributed by atoms with Gasteiger partial charge in [0.25, 0.3) is 5.91 Å². The summed E-state index contributed by atoms with van der Waals surface area (Å²) in [6.07, 6.45) is 3.30. The zero-order valence-electron chi connectivity index (χ0n) is 11.2. The second-order valence-corrected chi connectivity index (χ2v) is 4.94. The van der Waals surface area contributed by atoms with Crippen LogP contribution in [0.2, 0.25) is 5.28 Å². The van der Waals surface area contributed by atoms with E-state index in [-0.39, 0.29) is 5.91 Å². The van der Waals surface area contributed by atoms with Gasteiger partial charge in [-0.1, -0.05) is 19.8 Å². The van der Waals surface area contributed by atoms with Gasteiger partial charge in [0.05, 0.1) is 11.0 Å². The van der Waals surface area contributed by atoms with E-state index in [1.54, 1.807) is 10.6 Å². The molecule has 1 amide bonds. The van der Waals surface area contributed by atoms with Crippen LogP contribution in [0, 0.1) is 0 Å². The molecule has 19 heavy (non-hydrogen) atoms. The molecule has 1 heterocycles. The number of hydrogen-bond acceptors (Lipinski definition) is 2. The Labute approximate surface area is 117 Å². The normalized spacial score (nSPS) is 10.9. The first-order chi connectivity index (χ1) is 9.13. The van der Waals surface area contributed by atoms with Crippen molar-refractivity contribution in [3.05, 3.63) is 29.0 Å². The van der Waals surface area contributed by atoms with Gasteiger partial charge in [-0.2, -0.15) is 0 Å². The lowest BCUT2D eigenvalue weighted by Gasteiger charge is -2.05. The summed E-state index contributed by atoms with van der Waals surface area (Å²) in [6, 6.07) is 5.42. The van der Waals surface area contributed by atoms with Gasteiger partial charge in [0.2, 0.25) is 5.28 Å². The molecule has 1 N–H and O–H groups in total. The van der Waals surface area contributed by atoms with E-state index in [9.17, 15) is 4.79 Å². The van der Waals surface area contributed by atoms with Gasteiger partial charge >= 0.3 is 0 Å². The van der Waals surface area contributed by atoms with E-state index in [1.807, 2.05) is 19.2 Å². The van der Waals surface area contributed by atoms with E-state index < -0.39 is 0 Å². The van der Waals surface area contributed by atoms with Crippen LogP contribution >= 0.6 is 11.6 Å². The van der Waals surface area contributed by atoms with Crippen LogP contribution in [0.1, 0.15) is 36.5 Å². The molecular weight excluding hydrogens is 262 g/mol. The predicted molar refractivity (Wildman–Crippen MR) is 77.6 cm³/mol. The molecule has 0 bridgehead atoms. The number of carbonyl (C=O) groups is 1. The summed E-state index contributed by atoms with van der Waals surface area (Å²) in [4.78, 5) is 16.2. The van der Waals surface area contributed by atoms with Crippen molar-refractivity contribution in [3.8, 4) is 0 Å². The monoisotopic (exact) mass is 279 g/mol. The second kappa shape index (κ2) is 6.06. The minimum absolute atomic E-state index is 0.0460. The number of nitrogens with zero attached hydrogens (tertiary/aromatic N) is 2. The Balaban J connectivity index is 2.12. The van der Waals surface area contributed by atoms with Gasteiger partial charge < -0.3 is 9.88 Å². The first-order valence-electron chi connectivity index (χ1n) is 6.53. The van der Waals surface area contributed by atoms with Crippen molar-refractivity contribution in [2.24, 2.45) is 7.05 Å². The highest BCUT2D eigenvalue weighted by Crippen LogP contribution is 2.19. The number of imidazole rings is 1. The maximum Gasteiger partial charge on any atom is 0.251 e. The van der Waals surface area contributed by atoms with Crippen molar-refractivity contribution in [2.75, 3.05) is 6.54 Å². The van der Waals surface area contributed by atoms with E-state index in [1.165, 1.54) is 0 Å². The molecule has 1 aromatic heterocycles. The Kier molecular flexibility index (Phi) is 4.43. The summed E-state index contributed by atoms with van der Waals surface area (Å²) in [5.41, 5.74) is 2.31. The van der Waals surface area contributed by atoms with Crippen LogP contribution in [0.5, 0.6) is 0 Å². The maximum absolute atomic E-state index is 12.0. The molecule has 0 aliphatic carbocycles. The number of benzene rings is 1. The summed E-state index contributed by atoms with van der Waals surface area (Å²) in [7, 11) is 1.83. The molecule has 2 rings (SSSR count). The van der Waals surface area contributed by atoms with Crippen LogP contribution in [0.3, 0.4) is 0 Å². The number of aromatic nitrogens is 2. The van der Waals surface area contributed by atoms with Gasteiger partial charge in [0, 0.05) is 19.2 Å². The van der Waals surface area contributed by atoms with Gasteiger partial charge in [0.15, 0.2) is 0 Å². The molecule has 0 fully saturated rings. The van der Waals surface area contributed by atoms with Crippen LogP contribution in [0.25, 0.3) is 11.0 Å². The number of rotatable bonds is 5. The first kappa shape index (κ1) is 13.9. The fourth-order valence-corrected chi connectivity index (χ4v) is 2.16. The number of hydrogen-bond donors (Lipinski definition) is 1. The Morgan fingerprint density at radius 1 is 1.42 bits per heavy atom. The zero-order valence-corrected chi connectivity index (χ0v) is 12.0. The molecule has 4 nitrogen and oxygen atoms in total. The van der Waals surface area contributed by atoms with Crippen molar-refractivity contribution in [1.82, 2.24) is 14.9 Å². The van der Waals surface area contributed by atoms with Gasteiger partial charge in [-0.05, 0) is 36.2 Å². The molecule has 0 saturated carbocycles. The lowest BCUT2D eigenvalue weighted by molar-refractivity contribution is 0.0953. The zero-order chi connectivity index (χ0) is 13.8. The third-order valence-electron chi connectivity index (χ3n) is 3.15. The smallest absolute Gasteiger partial charge is 0.251 e. The molecule has 0 aliphatic heterocycles. The van der Waals surface area contributed by atoms with E-state index >= 15 is 0 Å². The molecule has 0 unspecified atom stereocenters. The van der Waals surface area contributed by atoms with Gasteiger partial charge in [-0.3, -0.25) is 4.79 Å². The van der Waals surface area contributed by atoms with Crippen molar-refractivity contribution in [1.29, 1.82) is 0 Å². The summed E-state index contributed by atoms with van der Waals surface area (Å²) in [6.45, 7) is 2.86. The molecule has 0 spiro atoms. The lowest BCUT2D eigenvalue weighted by atomic mass is 10.2. The van der Waals surface area contributed by atoms with Gasteiger partial charge in [0.1, 0.15) is 0 Å². The Morgan fingerprint density at radius 2 is 2.21 bits per heavy atom. The number of amides is 1. The summed E-state index contributed by atoms with van der Waals surface area (Å²) < 4.78 is 1.77. The second-order valence-electron chi connectivity index (χ2n) is 4.61. The van der Waals surface area contributed by atoms with Crippen LogP contribution < -0.4 is 5.32 Å². The van der Waals surface area contributed by atoms with Crippen molar-refractivity contribution in [2.45, 2.75) is 26.2 Å². The fourth-order valence-electron chi connectivity index (χ4n) is 1.98. The van der Waals surface area contributed by atoms with Gasteiger partial charge in [-0.15, -0.1) is 0 Å². The SMILES string of the molecule is CCCCCNC(=O)c1ccc2nc(Cl)n(C)c2c1. The molecule has 2 aromatic rings. The number of unbranched alkanes of at least 4 members (excludes halogenated alkanes) is 2. The minimum Gasteiger partial charge on any atom is -0.352 e. The largest absolute Gasteiger partial charge is 0.352 e. The number of carbonyl (C=O) groups excluding carboxylic acids is 1. The van der Waals surface area contributed by atoms with Crippen LogP contribution in [0.15, 0.2) is 18.2 Å². The van der Waals surface area contributed by atoms with Gasteiger partial charge in [-0.25, -0.2) is 4.98 Å². The summed E-state index contributed by atoms with van der Waals surface area (Å²) in [5.74, 6) is -0.0460. The van der Waals surface area contributed by atoms with Crippen molar-refractivity contribution in [3.63, 3.8) is 0 Å². The highest BCUT2D eigenvalue weighted by molar-refractivity contribution is 6.29. The van der Waals surface area contributed by atoms with Crippen molar-refractivity contribution >= 4 is 28.5 Å². The molecular formula is C14H18ClN3O. The van der Waals surface area contributed by atoms with Crippen LogP contribution in [-0.4, -0.2) is 22.0 Å². The molecule has 0 aliphatic rings. The average molecular weight is 280 g/mol. The van der Waals surface area contributed by atoms with Crippen LogP contribution in [0.4, 0.5) is 0 Å². The summed E-state index contributed by atoms with van der Waals surface area (Å²) >= 11 is 5.95. The van der Waals surface area contributed by atoms with E-state index in [0.717, 1.165) is 36.8 Å². The molecule has 102 valence electrons. The third-order valence-corrected chi connectivity index (χ3v) is 3.49. The number of fused-ring (bicyclic) bond motifs is 1.